The predicted molar refractivity (Wildman–Crippen MR) is 336 cm³/mol. The van der Waals surface area contributed by atoms with Crippen LogP contribution < -0.4 is 22.2 Å². The Labute approximate surface area is 473 Å². The first-order chi connectivity index (χ1) is 37.3. The summed E-state index contributed by atoms with van der Waals surface area (Å²) < 4.78 is 7.42. The third kappa shape index (κ3) is 18.6. The van der Waals surface area contributed by atoms with Gasteiger partial charge in [0.15, 0.2) is 0 Å². The maximum Gasteiger partial charge on any atom is 0.280 e. The van der Waals surface area contributed by atoms with E-state index in [0.717, 1.165) is 70.2 Å². The van der Waals surface area contributed by atoms with Gasteiger partial charge in [-0.05, 0) is 37.5 Å². The molecule has 6 rings (SSSR count). The van der Waals surface area contributed by atoms with Crippen molar-refractivity contribution in [3.05, 3.63) is 52.4 Å². The molecule has 2 atom stereocenters. The average molecular weight is 1120 g/mol. The summed E-state index contributed by atoms with van der Waals surface area (Å²) in [6, 6.07) is 0. The van der Waals surface area contributed by atoms with E-state index in [1.54, 1.807) is 11.0 Å². The number of rotatable bonds is 44. The molecule has 0 N–H and O–H groups in total. The summed E-state index contributed by atoms with van der Waals surface area (Å²) in [5.41, 5.74) is 2.98. The van der Waals surface area contributed by atoms with Gasteiger partial charge in [-0.3, -0.25) is 28.3 Å². The lowest BCUT2D eigenvalue weighted by Crippen LogP contribution is -2.33. The van der Waals surface area contributed by atoms with E-state index in [-0.39, 0.29) is 34.1 Å². The molecular formula is C64H100N4O4S4. The summed E-state index contributed by atoms with van der Waals surface area (Å²) >= 11 is 5.68. The van der Waals surface area contributed by atoms with E-state index >= 15 is 9.59 Å². The molecule has 0 saturated carbocycles. The van der Waals surface area contributed by atoms with Gasteiger partial charge in [0.25, 0.3) is 22.2 Å². The minimum absolute atomic E-state index is 0.208. The highest BCUT2D eigenvalue weighted by molar-refractivity contribution is 7.39. The van der Waals surface area contributed by atoms with Crippen molar-refractivity contribution >= 4 is 95.4 Å². The van der Waals surface area contributed by atoms with E-state index < -0.39 is 0 Å². The highest BCUT2D eigenvalue weighted by atomic mass is 32.1. The van der Waals surface area contributed by atoms with Crippen molar-refractivity contribution in [2.75, 3.05) is 0 Å². The second kappa shape index (κ2) is 35.7. The van der Waals surface area contributed by atoms with Crippen LogP contribution in [0.25, 0.3) is 50.0 Å². The third-order valence-electron chi connectivity index (χ3n) is 16.6. The number of thiazole rings is 2. The number of hydrogen-bond acceptors (Lipinski definition) is 10. The second-order valence-corrected chi connectivity index (χ2v) is 26.7. The van der Waals surface area contributed by atoms with E-state index in [9.17, 15) is 9.59 Å². The fraction of sp³-hybridized carbons (Fsp3) is 0.750. The maximum absolute atomic E-state index is 15.4. The van der Waals surface area contributed by atoms with Crippen molar-refractivity contribution in [3.63, 3.8) is 0 Å². The van der Waals surface area contributed by atoms with Gasteiger partial charge in [-0.15, -0.1) is 45.3 Å². The molecule has 0 aliphatic heterocycles. The average Bonchev–Trinajstić information content (AvgIpc) is 4.27. The van der Waals surface area contributed by atoms with Crippen molar-refractivity contribution in [1.29, 1.82) is 0 Å². The first kappa shape index (κ1) is 62.4. The first-order valence-electron chi connectivity index (χ1n) is 31.5. The van der Waals surface area contributed by atoms with Crippen LogP contribution in [0.2, 0.25) is 0 Å². The molecule has 0 aliphatic carbocycles. The molecule has 0 aromatic carbocycles. The summed E-state index contributed by atoms with van der Waals surface area (Å²) in [7, 11) is 0. The minimum atomic E-state index is -0.303. The Balaban J connectivity index is 1.31. The molecule has 6 aromatic heterocycles. The van der Waals surface area contributed by atoms with Gasteiger partial charge in [0, 0.05) is 13.1 Å². The van der Waals surface area contributed by atoms with Crippen molar-refractivity contribution in [3.8, 4) is 0 Å². The summed E-state index contributed by atoms with van der Waals surface area (Å²) in [6.45, 7) is 9.84. The Kier molecular flexibility index (Phi) is 29.3. The molecule has 12 heteroatoms. The summed E-state index contributed by atoms with van der Waals surface area (Å²) in [5.74, 6) is 0.416. The molecule has 6 heterocycles. The number of fused-ring (bicyclic) bond motifs is 9. The molecule has 0 amide bonds. The number of thiophene rings is 2. The van der Waals surface area contributed by atoms with Crippen LogP contribution in [-0.4, -0.2) is 19.1 Å². The van der Waals surface area contributed by atoms with Crippen molar-refractivity contribution in [2.24, 2.45) is 11.8 Å². The molecule has 0 radical (unpaired) electrons. The molecule has 0 fully saturated rings. The normalized spacial score (nSPS) is 12.9. The number of hydrogen-bond donors (Lipinski definition) is 0. The Morgan fingerprint density at radius 1 is 0.329 bits per heavy atom. The predicted octanol–water partition coefficient (Wildman–Crippen LogP) is 20.4. The summed E-state index contributed by atoms with van der Waals surface area (Å²) in [4.78, 5) is 69.4. The van der Waals surface area contributed by atoms with Crippen LogP contribution in [0.3, 0.4) is 0 Å². The van der Waals surface area contributed by atoms with Crippen LogP contribution in [0.5, 0.6) is 0 Å². The molecule has 2 unspecified atom stereocenters. The van der Waals surface area contributed by atoms with E-state index in [4.69, 9.17) is 0 Å². The van der Waals surface area contributed by atoms with Crippen LogP contribution in [0.4, 0.5) is 0 Å². The van der Waals surface area contributed by atoms with Crippen LogP contribution in [0.15, 0.2) is 30.2 Å². The zero-order valence-electron chi connectivity index (χ0n) is 48.1. The van der Waals surface area contributed by atoms with E-state index in [1.807, 2.05) is 0 Å². The summed E-state index contributed by atoms with van der Waals surface area (Å²) in [5, 5.41) is 1.04. The number of unbranched alkanes of at least 4 members (excludes halogenated alkanes) is 32. The summed E-state index contributed by atoms with van der Waals surface area (Å²) in [6.07, 6.45) is 49.5. The molecule has 6 aromatic rings. The Morgan fingerprint density at radius 3 is 0.829 bits per heavy atom. The fourth-order valence-electron chi connectivity index (χ4n) is 11.9. The van der Waals surface area contributed by atoms with Crippen molar-refractivity contribution < 1.29 is 0 Å². The highest BCUT2D eigenvalue weighted by Crippen LogP contribution is 2.46. The van der Waals surface area contributed by atoms with Gasteiger partial charge in [-0.2, -0.15) is 0 Å². The van der Waals surface area contributed by atoms with E-state index in [1.165, 1.54) is 260 Å². The lowest BCUT2D eigenvalue weighted by atomic mass is 9.93. The van der Waals surface area contributed by atoms with Gasteiger partial charge in [0.05, 0.1) is 50.0 Å². The van der Waals surface area contributed by atoms with Crippen molar-refractivity contribution in [2.45, 2.75) is 298 Å². The second-order valence-electron chi connectivity index (χ2n) is 23.0. The Bertz CT molecular complexity index is 2640. The Morgan fingerprint density at radius 2 is 0.566 bits per heavy atom. The lowest BCUT2D eigenvalue weighted by Gasteiger charge is -2.17. The van der Waals surface area contributed by atoms with E-state index in [2.05, 4.69) is 37.7 Å². The molecule has 76 heavy (non-hydrogen) atoms. The van der Waals surface area contributed by atoms with Crippen LogP contribution in [0.1, 0.15) is 285 Å². The van der Waals surface area contributed by atoms with Gasteiger partial charge >= 0.3 is 0 Å². The zero-order valence-corrected chi connectivity index (χ0v) is 51.3. The zero-order chi connectivity index (χ0) is 53.7. The lowest BCUT2D eigenvalue weighted by molar-refractivity contribution is 0.350. The molecule has 8 nitrogen and oxygen atoms in total. The standard InChI is InChI=1S/C64H100N4O4S4/c1-5-9-13-17-21-25-27-31-35-39-43-49(41-37-33-29-23-19-15-11-7-3)45-67-61(69)51-55-56(76-57(51)59-53(63(67)71)65-47-73-59)52-58(75-55)60-54(66-48-74-60)64(72)68(62(52)70)46-50(42-38-34-30-24-20-16-12-8-4)44-40-36-32-28-26-22-18-14-10-6-2/h47-50H,5-46H2,1-4H3. The molecule has 0 spiro atoms. The molecule has 0 aliphatic rings. The first-order valence-corrected chi connectivity index (χ1v) is 34.9. The van der Waals surface area contributed by atoms with Crippen LogP contribution in [0, 0.1) is 11.8 Å². The Hall–Kier alpha value is -2.80. The minimum Gasteiger partial charge on any atom is -0.273 e. The van der Waals surface area contributed by atoms with Gasteiger partial charge in [-0.1, -0.05) is 259 Å². The third-order valence-corrected chi connectivity index (χ3v) is 21.2. The number of nitrogens with zero attached hydrogens (tertiary/aromatic N) is 4. The van der Waals surface area contributed by atoms with Crippen molar-refractivity contribution in [1.82, 2.24) is 19.1 Å². The topological polar surface area (TPSA) is 104 Å². The SMILES string of the molecule is CCCCCCCCCCCCC(CCCCCCCCCC)Cn1c(=O)c2ncsc2c2sc3c(sc4c5scnc5c(=O)n(CC(CCCCCCCCCC)CCCCCCCCCCCC)c(=O)c43)c2c1=O. The quantitative estimate of drug-likeness (QED) is 0.0353. The molecule has 424 valence electrons. The maximum atomic E-state index is 15.4. The van der Waals surface area contributed by atoms with Gasteiger partial charge in [0.2, 0.25) is 0 Å². The van der Waals surface area contributed by atoms with Gasteiger partial charge in [-0.25, -0.2) is 9.97 Å². The monoisotopic (exact) mass is 1120 g/mol. The molecular weight excluding hydrogens is 1020 g/mol. The largest absolute Gasteiger partial charge is 0.280 e. The smallest absolute Gasteiger partial charge is 0.273 e. The van der Waals surface area contributed by atoms with Crippen LogP contribution in [-0.2, 0) is 13.1 Å². The van der Waals surface area contributed by atoms with Gasteiger partial charge in [0.1, 0.15) is 11.0 Å². The highest BCUT2D eigenvalue weighted by Gasteiger charge is 2.26. The molecule has 0 saturated heterocycles. The van der Waals surface area contributed by atoms with Crippen LogP contribution >= 0.6 is 45.3 Å². The van der Waals surface area contributed by atoms with E-state index in [0.29, 0.717) is 44.3 Å². The number of aromatic nitrogens is 4. The molecule has 0 bridgehead atoms. The fourth-order valence-corrected chi connectivity index (χ4v) is 16.7. The van der Waals surface area contributed by atoms with Gasteiger partial charge < -0.3 is 0 Å².